The number of carbonyl (C=O) groups is 1. The molecule has 0 amide bonds. The third-order valence-electron chi connectivity index (χ3n) is 7.34. The summed E-state index contributed by atoms with van der Waals surface area (Å²) in [5.74, 6) is 1.94. The third kappa shape index (κ3) is 3.73. The van der Waals surface area contributed by atoms with Crippen LogP contribution in [0.2, 0.25) is 0 Å². The Hall–Kier alpha value is -3.03. The maximum atomic E-state index is 13.7. The van der Waals surface area contributed by atoms with Crippen LogP contribution in [-0.2, 0) is 4.79 Å². The van der Waals surface area contributed by atoms with Crippen molar-refractivity contribution in [3.8, 4) is 17.2 Å². The van der Waals surface area contributed by atoms with Crippen molar-refractivity contribution in [1.29, 1.82) is 0 Å². The van der Waals surface area contributed by atoms with Gasteiger partial charge in [0.15, 0.2) is 17.3 Å². The van der Waals surface area contributed by atoms with Crippen molar-refractivity contribution in [3.63, 3.8) is 0 Å². The standard InChI is InChI=1S/C27H33N3O4/c1-27(2)13-17-23(18(31)14-27)22(16-11-20(33-4)21(34-5)12-19(16)32-3)24-25(29-30-26(24)28-17)15-9-7-6-8-10-15/h6-12,22,24-26,28-30H,13-14H2,1-5H3. The number of methoxy groups -OCH3 is 3. The largest absolute Gasteiger partial charge is 0.496 e. The highest BCUT2D eigenvalue weighted by Gasteiger charge is 2.52. The first kappa shape index (κ1) is 22.7. The quantitative estimate of drug-likeness (QED) is 0.622. The SMILES string of the molecule is COc1cc(OC)c(C2C3=C(CC(C)(C)CC3=O)NC3NNC(c4ccccc4)C32)cc1OC. The average Bonchev–Trinajstić information content (AvgIpc) is 3.25. The van der Waals surface area contributed by atoms with Crippen LogP contribution in [0.5, 0.6) is 17.2 Å². The number of nitrogens with one attached hydrogen (secondary N) is 3. The van der Waals surface area contributed by atoms with Crippen molar-refractivity contribution < 1.29 is 19.0 Å². The van der Waals surface area contributed by atoms with Crippen LogP contribution < -0.4 is 30.4 Å². The van der Waals surface area contributed by atoms with Crippen LogP contribution in [-0.4, -0.2) is 33.3 Å². The maximum Gasteiger partial charge on any atom is 0.164 e. The normalized spacial score (nSPS) is 27.5. The lowest BCUT2D eigenvalue weighted by Crippen LogP contribution is -2.51. The number of carbonyl (C=O) groups excluding carboxylic acids is 1. The van der Waals surface area contributed by atoms with E-state index in [1.54, 1.807) is 21.3 Å². The van der Waals surface area contributed by atoms with E-state index in [9.17, 15) is 4.79 Å². The Morgan fingerprint density at radius 1 is 0.882 bits per heavy atom. The summed E-state index contributed by atoms with van der Waals surface area (Å²) in [5.41, 5.74) is 10.9. The minimum absolute atomic E-state index is 0.00158. The van der Waals surface area contributed by atoms with E-state index in [-0.39, 0.29) is 35.2 Å². The van der Waals surface area contributed by atoms with Crippen LogP contribution in [0, 0.1) is 11.3 Å². The molecule has 2 heterocycles. The molecular formula is C27H33N3O4. The van der Waals surface area contributed by atoms with Gasteiger partial charge >= 0.3 is 0 Å². The molecule has 7 heteroatoms. The Labute approximate surface area is 200 Å². The number of allylic oxidation sites excluding steroid dienone is 2. The highest BCUT2D eigenvalue weighted by molar-refractivity contribution is 5.99. The van der Waals surface area contributed by atoms with Crippen LogP contribution in [0.15, 0.2) is 53.7 Å². The highest BCUT2D eigenvalue weighted by atomic mass is 16.5. The minimum Gasteiger partial charge on any atom is -0.496 e. The molecule has 4 atom stereocenters. The molecule has 2 aliphatic heterocycles. The summed E-state index contributed by atoms with van der Waals surface area (Å²) in [7, 11) is 4.90. The van der Waals surface area contributed by atoms with E-state index in [0.717, 1.165) is 23.3 Å². The van der Waals surface area contributed by atoms with Gasteiger partial charge in [0.05, 0.1) is 33.5 Å². The summed E-state index contributed by atoms with van der Waals surface area (Å²) in [6.45, 7) is 4.31. The number of benzene rings is 2. The molecular weight excluding hydrogens is 430 g/mol. The summed E-state index contributed by atoms with van der Waals surface area (Å²) >= 11 is 0. The smallest absolute Gasteiger partial charge is 0.164 e. The van der Waals surface area contributed by atoms with E-state index in [2.05, 4.69) is 42.1 Å². The third-order valence-corrected chi connectivity index (χ3v) is 7.34. The van der Waals surface area contributed by atoms with Gasteiger partial charge in [0.2, 0.25) is 0 Å². The Balaban J connectivity index is 1.72. The molecule has 34 heavy (non-hydrogen) atoms. The van der Waals surface area contributed by atoms with E-state index in [1.165, 1.54) is 5.56 Å². The van der Waals surface area contributed by atoms with Gasteiger partial charge in [-0.1, -0.05) is 44.2 Å². The first-order valence-corrected chi connectivity index (χ1v) is 11.8. The van der Waals surface area contributed by atoms with Crippen LogP contribution in [0.4, 0.5) is 0 Å². The zero-order chi connectivity index (χ0) is 24.0. The molecule has 0 bridgehead atoms. The molecule has 0 aromatic heterocycles. The van der Waals surface area contributed by atoms with Crippen LogP contribution in [0.1, 0.15) is 49.8 Å². The van der Waals surface area contributed by atoms with Crippen molar-refractivity contribution in [2.75, 3.05) is 21.3 Å². The Morgan fingerprint density at radius 2 is 1.56 bits per heavy atom. The van der Waals surface area contributed by atoms with Crippen molar-refractivity contribution in [1.82, 2.24) is 16.2 Å². The molecule has 7 nitrogen and oxygen atoms in total. The van der Waals surface area contributed by atoms with Crippen molar-refractivity contribution in [2.45, 2.75) is 44.8 Å². The number of hydrogen-bond acceptors (Lipinski definition) is 7. The summed E-state index contributed by atoms with van der Waals surface area (Å²) in [4.78, 5) is 13.7. The lowest BCUT2D eigenvalue weighted by molar-refractivity contribution is -0.118. The van der Waals surface area contributed by atoms with Crippen molar-refractivity contribution in [2.24, 2.45) is 11.3 Å². The van der Waals surface area contributed by atoms with Gasteiger partial charge in [-0.25, -0.2) is 10.9 Å². The molecule has 1 saturated heterocycles. The topological polar surface area (TPSA) is 80.9 Å². The van der Waals surface area contributed by atoms with E-state index in [0.29, 0.717) is 23.7 Å². The lowest BCUT2D eigenvalue weighted by Gasteiger charge is -2.44. The molecule has 1 aliphatic carbocycles. The van der Waals surface area contributed by atoms with Crippen LogP contribution in [0.25, 0.3) is 0 Å². The fraction of sp³-hybridized carbons (Fsp3) is 0.444. The Kier molecular flexibility index (Phi) is 5.78. The number of fused-ring (bicyclic) bond motifs is 1. The van der Waals surface area contributed by atoms with Crippen LogP contribution in [0.3, 0.4) is 0 Å². The van der Waals surface area contributed by atoms with E-state index >= 15 is 0 Å². The van der Waals surface area contributed by atoms with E-state index < -0.39 is 0 Å². The van der Waals surface area contributed by atoms with Gasteiger partial charge in [-0.05, 0) is 23.5 Å². The second-order valence-electron chi connectivity index (χ2n) is 10.1. The summed E-state index contributed by atoms with van der Waals surface area (Å²) < 4.78 is 17.0. The van der Waals surface area contributed by atoms with E-state index in [1.807, 2.05) is 30.3 Å². The summed E-state index contributed by atoms with van der Waals surface area (Å²) in [5, 5.41) is 3.68. The van der Waals surface area contributed by atoms with Gasteiger partial charge in [0, 0.05) is 41.2 Å². The van der Waals surface area contributed by atoms with Crippen molar-refractivity contribution >= 4 is 5.78 Å². The molecule has 0 spiro atoms. The molecule has 3 N–H and O–H groups in total. The van der Waals surface area contributed by atoms with Gasteiger partial charge in [-0.2, -0.15) is 0 Å². The number of ketones is 1. The second kappa shape index (κ2) is 8.64. The zero-order valence-electron chi connectivity index (χ0n) is 20.4. The van der Waals surface area contributed by atoms with Gasteiger partial charge in [-0.3, -0.25) is 4.79 Å². The van der Waals surface area contributed by atoms with Gasteiger partial charge < -0.3 is 19.5 Å². The Morgan fingerprint density at radius 3 is 2.24 bits per heavy atom. The maximum absolute atomic E-state index is 13.7. The number of ether oxygens (including phenoxy) is 3. The molecule has 0 radical (unpaired) electrons. The second-order valence-corrected chi connectivity index (χ2v) is 10.1. The fourth-order valence-corrected chi connectivity index (χ4v) is 5.91. The molecule has 2 aromatic carbocycles. The Bertz CT molecular complexity index is 1130. The highest BCUT2D eigenvalue weighted by Crippen LogP contribution is 2.54. The molecule has 1 fully saturated rings. The summed E-state index contributed by atoms with van der Waals surface area (Å²) in [6.07, 6.45) is 1.29. The van der Waals surface area contributed by atoms with Gasteiger partial charge in [-0.15, -0.1) is 0 Å². The first-order valence-electron chi connectivity index (χ1n) is 11.8. The van der Waals surface area contributed by atoms with Crippen LogP contribution >= 0.6 is 0 Å². The average molecular weight is 464 g/mol. The molecule has 4 unspecified atom stereocenters. The van der Waals surface area contributed by atoms with E-state index in [4.69, 9.17) is 14.2 Å². The number of hydrogen-bond donors (Lipinski definition) is 3. The number of Topliss-reactive ketones (excluding diaryl/α,β-unsaturated/α-hetero) is 1. The first-order chi connectivity index (χ1) is 16.4. The molecule has 0 saturated carbocycles. The fourth-order valence-electron chi connectivity index (χ4n) is 5.91. The number of hydrazine groups is 1. The molecule has 5 rings (SSSR count). The zero-order valence-corrected chi connectivity index (χ0v) is 20.4. The van der Waals surface area contributed by atoms with Crippen molar-refractivity contribution in [3.05, 3.63) is 64.9 Å². The number of rotatable bonds is 5. The monoisotopic (exact) mass is 463 g/mol. The molecule has 180 valence electrons. The predicted octanol–water partition coefficient (Wildman–Crippen LogP) is 3.83. The van der Waals surface area contributed by atoms with Gasteiger partial charge in [0.25, 0.3) is 0 Å². The van der Waals surface area contributed by atoms with Gasteiger partial charge in [0.1, 0.15) is 5.75 Å². The molecule has 2 aromatic rings. The predicted molar refractivity (Wildman–Crippen MR) is 130 cm³/mol. The minimum atomic E-state index is -0.188. The summed E-state index contributed by atoms with van der Waals surface area (Å²) in [6, 6.07) is 14.2. The molecule has 3 aliphatic rings. The lowest BCUT2D eigenvalue weighted by atomic mass is 9.64.